The van der Waals surface area contributed by atoms with Gasteiger partial charge in [-0.3, -0.25) is 19.2 Å². The van der Waals surface area contributed by atoms with Gasteiger partial charge in [0.15, 0.2) is 0 Å². The molecule has 86 heavy (non-hydrogen) atoms. The third-order valence-corrected chi connectivity index (χ3v) is 16.0. The maximum atomic E-state index is 14.1. The highest BCUT2D eigenvalue weighted by molar-refractivity contribution is 5.72. The van der Waals surface area contributed by atoms with Crippen LogP contribution in [0.2, 0.25) is 0 Å². The van der Waals surface area contributed by atoms with Crippen LogP contribution in [0.15, 0.2) is 48.5 Å². The summed E-state index contributed by atoms with van der Waals surface area (Å²) in [4.78, 5) is 56.3. The second-order valence-electron chi connectivity index (χ2n) is 32.7. The average Bonchev–Trinajstić information content (AvgIpc) is 2.48. The van der Waals surface area contributed by atoms with Gasteiger partial charge in [0.05, 0.1) is 0 Å². The maximum Gasteiger partial charge on any atom is 0.306 e. The Hall–Kier alpha value is -6.04. The predicted octanol–water partition coefficient (Wildman–Crippen LogP) is 16.3. The molecule has 0 aliphatic heterocycles. The summed E-state index contributed by atoms with van der Waals surface area (Å²) in [6.45, 7) is 47.0. The first-order valence-electron chi connectivity index (χ1n) is 31.0. The largest absolute Gasteiger partial charge is 0.507 e. The molecule has 4 N–H and O–H groups in total. The van der Waals surface area contributed by atoms with Crippen LogP contribution in [0.3, 0.4) is 0 Å². The number of ether oxygens (including phenoxy) is 4. The first-order valence-corrected chi connectivity index (χ1v) is 31.0. The van der Waals surface area contributed by atoms with Gasteiger partial charge in [0.1, 0.15) is 54.8 Å². The van der Waals surface area contributed by atoms with Crippen LogP contribution < -0.4 is 0 Å². The van der Waals surface area contributed by atoms with Crippen molar-refractivity contribution in [1.82, 2.24) is 0 Å². The van der Waals surface area contributed by atoms with Crippen molar-refractivity contribution >= 4 is 23.9 Å². The molecule has 0 radical (unpaired) electrons. The summed E-state index contributed by atoms with van der Waals surface area (Å²) >= 11 is 0. The van der Waals surface area contributed by atoms with Crippen LogP contribution in [0.1, 0.15) is 265 Å². The molecular weight excluding hydrogens is 1080 g/mol. The van der Waals surface area contributed by atoms with Crippen molar-refractivity contribution in [2.24, 2.45) is 5.41 Å². The second kappa shape index (κ2) is 27.1. The van der Waals surface area contributed by atoms with Crippen molar-refractivity contribution in [3.05, 3.63) is 115 Å². The number of rotatable bonds is 21. The summed E-state index contributed by atoms with van der Waals surface area (Å²) in [6.07, 6.45) is 1.60. The zero-order chi connectivity index (χ0) is 65.7. The molecule has 0 amide bonds. The number of aromatic hydroxyl groups is 4. The fourth-order valence-corrected chi connectivity index (χ4v) is 10.6. The van der Waals surface area contributed by atoms with Crippen molar-refractivity contribution in [2.45, 2.75) is 267 Å². The van der Waals surface area contributed by atoms with Crippen LogP contribution in [-0.4, -0.2) is 70.7 Å². The Labute approximate surface area is 517 Å². The Kier molecular flexibility index (Phi) is 22.9. The Morgan fingerprint density at radius 2 is 0.442 bits per heavy atom. The van der Waals surface area contributed by atoms with E-state index in [2.05, 4.69) is 41.5 Å². The summed E-state index contributed by atoms with van der Waals surface area (Å²) in [5.41, 5.74) is 5.04. The molecule has 0 atom stereocenters. The molecule has 0 bridgehead atoms. The van der Waals surface area contributed by atoms with E-state index in [1.54, 1.807) is 0 Å². The summed E-state index contributed by atoms with van der Waals surface area (Å²) in [5.74, 6) is -1.38. The molecule has 12 heteroatoms. The van der Waals surface area contributed by atoms with Crippen molar-refractivity contribution in [1.29, 1.82) is 0 Å². The van der Waals surface area contributed by atoms with Gasteiger partial charge in [0, 0.05) is 25.7 Å². The van der Waals surface area contributed by atoms with Gasteiger partial charge in [-0.15, -0.1) is 0 Å². The van der Waals surface area contributed by atoms with Gasteiger partial charge in [-0.2, -0.15) is 0 Å². The van der Waals surface area contributed by atoms with Gasteiger partial charge >= 0.3 is 23.9 Å². The molecule has 0 fully saturated rings. The van der Waals surface area contributed by atoms with Gasteiger partial charge in [-0.25, -0.2) is 0 Å². The number of hydrogen-bond donors (Lipinski definition) is 4. The lowest BCUT2D eigenvalue weighted by molar-refractivity contribution is -0.170. The molecule has 4 aromatic rings. The Balaban J connectivity index is 1.74. The fourth-order valence-electron chi connectivity index (χ4n) is 10.6. The van der Waals surface area contributed by atoms with Gasteiger partial charge in [-0.05, 0) is 142 Å². The number of esters is 4. The van der Waals surface area contributed by atoms with Gasteiger partial charge < -0.3 is 39.4 Å². The molecular formula is C74H110O12. The van der Waals surface area contributed by atoms with E-state index in [1.165, 1.54) is 0 Å². The molecule has 478 valence electrons. The first-order chi connectivity index (χ1) is 38.9. The number of phenolic OH excluding ortho intramolecular Hbond substituents is 4. The zero-order valence-electron chi connectivity index (χ0n) is 57.4. The van der Waals surface area contributed by atoms with Crippen molar-refractivity contribution in [2.75, 3.05) is 26.4 Å². The van der Waals surface area contributed by atoms with E-state index in [4.69, 9.17) is 18.9 Å². The third kappa shape index (κ3) is 20.3. The summed E-state index contributed by atoms with van der Waals surface area (Å²) in [7, 11) is 0. The average molecular weight is 1190 g/mol. The molecule has 0 heterocycles. The highest BCUT2D eigenvalue weighted by Crippen LogP contribution is 2.44. The number of phenols is 4. The fraction of sp³-hybridized carbons (Fsp3) is 0.622. The molecule has 0 aromatic heterocycles. The summed E-state index contributed by atoms with van der Waals surface area (Å²) < 4.78 is 24.4. The van der Waals surface area contributed by atoms with E-state index in [1.807, 2.05) is 173 Å². The molecule has 4 rings (SSSR count). The van der Waals surface area contributed by atoms with Gasteiger partial charge in [0.25, 0.3) is 0 Å². The number of aryl methyl sites for hydroxylation is 4. The topological polar surface area (TPSA) is 186 Å². The minimum atomic E-state index is -1.57. The highest BCUT2D eigenvalue weighted by Gasteiger charge is 2.39. The van der Waals surface area contributed by atoms with Crippen molar-refractivity contribution < 1.29 is 58.6 Å². The van der Waals surface area contributed by atoms with Gasteiger partial charge in [0.2, 0.25) is 0 Å². The quantitative estimate of drug-likeness (QED) is 0.0458. The Bertz CT molecular complexity index is 2660. The third-order valence-electron chi connectivity index (χ3n) is 16.0. The minimum absolute atomic E-state index is 0.00519. The molecule has 0 saturated carbocycles. The van der Waals surface area contributed by atoms with Crippen LogP contribution in [0.25, 0.3) is 0 Å². The van der Waals surface area contributed by atoms with E-state index in [0.29, 0.717) is 12.8 Å². The van der Waals surface area contributed by atoms with E-state index in [0.717, 1.165) is 66.8 Å². The van der Waals surface area contributed by atoms with Crippen LogP contribution >= 0.6 is 0 Å². The van der Waals surface area contributed by atoms with Crippen LogP contribution in [-0.2, 0) is 107 Å². The van der Waals surface area contributed by atoms with Crippen LogP contribution in [0.4, 0.5) is 0 Å². The summed E-state index contributed by atoms with van der Waals surface area (Å²) in [5, 5.41) is 45.6. The molecule has 4 aromatic carbocycles. The molecule has 0 aliphatic rings. The molecule has 0 unspecified atom stereocenters. The molecule has 0 aliphatic carbocycles. The lowest BCUT2D eigenvalue weighted by atomic mass is 9.78. The SMILES string of the molecule is CC(C)(C)c1cc(CCCC(=O)OCC(COC(=O)CCc2cc(C(C)(C)C)c(O)c(C(C)(C)C)c2)(COC(=O)CCc2cc(C(C)(C)C)c(O)c(C(C)(C)C)c2)COC(=O)CCc2cc(C(C)(C)C)c(O)c(C(C)(C)C)c2)cc(C(C)(C)C)c1O. The van der Waals surface area contributed by atoms with E-state index in [-0.39, 0.29) is 78.8 Å². The van der Waals surface area contributed by atoms with Crippen LogP contribution in [0.5, 0.6) is 23.0 Å². The van der Waals surface area contributed by atoms with Crippen LogP contribution in [0, 0.1) is 5.41 Å². The maximum absolute atomic E-state index is 14.1. The summed E-state index contributed by atoms with van der Waals surface area (Å²) in [6, 6.07) is 15.5. The molecule has 0 spiro atoms. The highest BCUT2D eigenvalue weighted by atomic mass is 16.6. The molecule has 12 nitrogen and oxygen atoms in total. The van der Waals surface area contributed by atoms with Crippen molar-refractivity contribution in [3.8, 4) is 23.0 Å². The normalized spacial score (nSPS) is 13.2. The van der Waals surface area contributed by atoms with E-state index >= 15 is 0 Å². The predicted molar refractivity (Wildman–Crippen MR) is 346 cm³/mol. The zero-order valence-corrected chi connectivity index (χ0v) is 57.4. The second-order valence-corrected chi connectivity index (χ2v) is 32.7. The Morgan fingerprint density at radius 3 is 0.616 bits per heavy atom. The smallest absolute Gasteiger partial charge is 0.306 e. The lowest BCUT2D eigenvalue weighted by Crippen LogP contribution is -2.44. The standard InChI is InChI=1S/C74H110O12/c1-66(2,3)50-34-46(35-51(62(50)79)67(4,5)6)26-25-27-58(75)83-42-74(43-84-59(76)31-28-47-36-52(68(7,8)9)63(80)53(37-47)69(10,11)12,44-85-60(77)32-29-48-38-54(70(13,14)15)64(81)55(39-48)71(16,17)18)45-86-61(78)33-30-49-40-56(72(19,20)21)65(82)57(41-49)73(22,23)24/h34-41,79-82H,25-33,42-45H2,1-24H3. The number of carbonyl (C=O) groups excluding carboxylic acids is 4. The number of benzene rings is 4. The van der Waals surface area contributed by atoms with Crippen molar-refractivity contribution in [3.63, 3.8) is 0 Å². The minimum Gasteiger partial charge on any atom is -0.507 e. The van der Waals surface area contributed by atoms with E-state index in [9.17, 15) is 39.6 Å². The van der Waals surface area contributed by atoms with Gasteiger partial charge in [-0.1, -0.05) is 215 Å². The van der Waals surface area contributed by atoms with E-state index < -0.39 is 88.2 Å². The molecule has 0 saturated heterocycles. The lowest BCUT2D eigenvalue weighted by Gasteiger charge is -2.32. The Morgan fingerprint density at radius 1 is 0.279 bits per heavy atom. The number of hydrogen-bond acceptors (Lipinski definition) is 12. The monoisotopic (exact) mass is 1190 g/mol. The number of carbonyl (C=O) groups is 4. The first kappa shape index (κ1) is 72.4.